The molecule has 4 heteroatoms. The van der Waals surface area contributed by atoms with Crippen LogP contribution in [0.2, 0.25) is 0 Å². The van der Waals surface area contributed by atoms with Gasteiger partial charge in [0.2, 0.25) is 0 Å². The molecule has 0 N–H and O–H groups in total. The molecule has 1 aliphatic rings. The summed E-state index contributed by atoms with van der Waals surface area (Å²) >= 11 is 0. The third-order valence-corrected chi connectivity index (χ3v) is 3.21. The number of nitrogens with zero attached hydrogens (tertiary/aromatic N) is 2. The van der Waals surface area contributed by atoms with Crippen LogP contribution in [0.3, 0.4) is 0 Å². The lowest BCUT2D eigenvalue weighted by atomic mass is 10.2. The average molecular weight is 244 g/mol. The highest BCUT2D eigenvalue weighted by Crippen LogP contribution is 2.10. The Balaban J connectivity index is 2.25. The van der Waals surface area contributed by atoms with Crippen molar-refractivity contribution >= 4 is 0 Å². The van der Waals surface area contributed by atoms with E-state index in [0.29, 0.717) is 6.04 Å². The van der Waals surface area contributed by atoms with Crippen LogP contribution in [0.5, 0.6) is 0 Å². The van der Waals surface area contributed by atoms with Crippen LogP contribution in [0.1, 0.15) is 26.7 Å². The van der Waals surface area contributed by atoms with E-state index in [-0.39, 0.29) is 6.29 Å². The van der Waals surface area contributed by atoms with E-state index in [1.54, 1.807) is 0 Å². The Bertz CT molecular complexity index is 194. The van der Waals surface area contributed by atoms with E-state index in [1.807, 2.05) is 0 Å². The maximum absolute atomic E-state index is 5.57. The van der Waals surface area contributed by atoms with Crippen molar-refractivity contribution in [2.75, 3.05) is 46.9 Å². The summed E-state index contributed by atoms with van der Waals surface area (Å²) in [4.78, 5) is 4.72. The zero-order valence-corrected chi connectivity index (χ0v) is 11.8. The topological polar surface area (TPSA) is 24.9 Å². The van der Waals surface area contributed by atoms with E-state index >= 15 is 0 Å². The summed E-state index contributed by atoms with van der Waals surface area (Å²) in [7, 11) is 4.25. The van der Waals surface area contributed by atoms with Crippen LogP contribution in [0, 0.1) is 0 Å². The molecule has 0 amide bonds. The molecule has 1 saturated heterocycles. The van der Waals surface area contributed by atoms with Crippen molar-refractivity contribution < 1.29 is 9.47 Å². The summed E-state index contributed by atoms with van der Waals surface area (Å²) in [6.07, 6.45) is 2.03. The zero-order valence-electron chi connectivity index (χ0n) is 11.8. The van der Waals surface area contributed by atoms with Crippen LogP contribution < -0.4 is 0 Å². The normalized spacial score (nSPS) is 20.1. The Morgan fingerprint density at radius 1 is 1.24 bits per heavy atom. The molecule has 0 aromatic heterocycles. The first-order valence-electron chi connectivity index (χ1n) is 6.75. The first-order valence-corrected chi connectivity index (χ1v) is 6.75. The van der Waals surface area contributed by atoms with Crippen molar-refractivity contribution in [3.8, 4) is 0 Å². The predicted octanol–water partition coefficient (Wildman–Crippen LogP) is 1.41. The van der Waals surface area contributed by atoms with Crippen molar-refractivity contribution in [1.29, 1.82) is 0 Å². The summed E-state index contributed by atoms with van der Waals surface area (Å²) < 4.78 is 11.1. The molecule has 0 aromatic carbocycles. The molecule has 0 bridgehead atoms. The van der Waals surface area contributed by atoms with Gasteiger partial charge < -0.3 is 14.4 Å². The first-order chi connectivity index (χ1) is 8.13. The highest BCUT2D eigenvalue weighted by Gasteiger charge is 2.18. The van der Waals surface area contributed by atoms with Crippen molar-refractivity contribution in [2.45, 2.75) is 39.0 Å². The average Bonchev–Trinajstić information content (AvgIpc) is 2.30. The van der Waals surface area contributed by atoms with Gasteiger partial charge in [0.1, 0.15) is 0 Å². The van der Waals surface area contributed by atoms with Crippen molar-refractivity contribution in [1.82, 2.24) is 9.80 Å². The van der Waals surface area contributed by atoms with Crippen molar-refractivity contribution in [3.05, 3.63) is 0 Å². The third-order valence-electron chi connectivity index (χ3n) is 3.21. The van der Waals surface area contributed by atoms with E-state index < -0.39 is 0 Å². The Morgan fingerprint density at radius 2 is 1.88 bits per heavy atom. The van der Waals surface area contributed by atoms with Gasteiger partial charge in [-0.1, -0.05) is 6.92 Å². The van der Waals surface area contributed by atoms with Gasteiger partial charge in [-0.15, -0.1) is 0 Å². The fourth-order valence-corrected chi connectivity index (χ4v) is 2.31. The van der Waals surface area contributed by atoms with Crippen LogP contribution in [-0.2, 0) is 9.47 Å². The molecule has 0 saturated carbocycles. The highest BCUT2D eigenvalue weighted by molar-refractivity contribution is 4.69. The van der Waals surface area contributed by atoms with Gasteiger partial charge in [-0.05, 0) is 34.0 Å². The van der Waals surface area contributed by atoms with Gasteiger partial charge >= 0.3 is 0 Å². The molecular weight excluding hydrogens is 216 g/mol. The van der Waals surface area contributed by atoms with Crippen LogP contribution in [0.25, 0.3) is 0 Å². The molecule has 4 nitrogen and oxygen atoms in total. The molecule has 17 heavy (non-hydrogen) atoms. The summed E-state index contributed by atoms with van der Waals surface area (Å²) in [5, 5.41) is 0. The minimum absolute atomic E-state index is 0.0179. The maximum atomic E-state index is 5.57. The fraction of sp³-hybridized carbons (Fsp3) is 1.00. The Hall–Kier alpha value is -0.160. The molecule has 1 aliphatic heterocycles. The van der Waals surface area contributed by atoms with Crippen LogP contribution in [-0.4, -0.2) is 69.1 Å². The maximum Gasteiger partial charge on any atom is 0.158 e. The predicted molar refractivity (Wildman–Crippen MR) is 70.2 cm³/mol. The second-order valence-electron chi connectivity index (χ2n) is 5.05. The number of hydrogen-bond acceptors (Lipinski definition) is 4. The van der Waals surface area contributed by atoms with E-state index in [9.17, 15) is 0 Å². The zero-order chi connectivity index (χ0) is 12.7. The van der Waals surface area contributed by atoms with Gasteiger partial charge in [0.15, 0.2) is 6.29 Å². The third kappa shape index (κ3) is 5.82. The van der Waals surface area contributed by atoms with Crippen LogP contribution in [0.4, 0.5) is 0 Å². The molecule has 1 unspecified atom stereocenters. The largest absolute Gasteiger partial charge is 0.353 e. The Labute approximate surface area is 106 Å². The summed E-state index contributed by atoms with van der Waals surface area (Å²) in [6, 6.07) is 0.582. The number of likely N-dealkylation sites (N-methyl/N-ethyl adjacent to an activating group) is 2. The molecule has 0 aliphatic carbocycles. The van der Waals surface area contributed by atoms with Crippen LogP contribution >= 0.6 is 0 Å². The molecule has 0 aromatic rings. The van der Waals surface area contributed by atoms with E-state index in [4.69, 9.17) is 9.47 Å². The molecule has 0 radical (unpaired) electrons. The van der Waals surface area contributed by atoms with E-state index in [2.05, 4.69) is 37.7 Å². The lowest BCUT2D eigenvalue weighted by molar-refractivity contribution is -0.183. The quantitative estimate of drug-likeness (QED) is 0.676. The molecule has 1 atom stereocenters. The SMILES string of the molecule is CCN(CCC1OCCCO1)C(C)CN(C)C. The van der Waals surface area contributed by atoms with E-state index in [0.717, 1.165) is 45.7 Å². The summed E-state index contributed by atoms with van der Waals surface area (Å²) in [6.45, 7) is 9.44. The first kappa shape index (κ1) is 14.9. The smallest absolute Gasteiger partial charge is 0.158 e. The molecule has 102 valence electrons. The molecule has 1 fully saturated rings. The second-order valence-corrected chi connectivity index (χ2v) is 5.05. The molecular formula is C13H28N2O2. The molecule has 1 rings (SSSR count). The second kappa shape index (κ2) is 8.03. The lowest BCUT2D eigenvalue weighted by Gasteiger charge is -2.32. The van der Waals surface area contributed by atoms with Gasteiger partial charge in [-0.25, -0.2) is 0 Å². The Kier molecular flexibility index (Phi) is 7.04. The van der Waals surface area contributed by atoms with Gasteiger partial charge in [0.25, 0.3) is 0 Å². The monoisotopic (exact) mass is 244 g/mol. The number of rotatable bonds is 7. The van der Waals surface area contributed by atoms with Gasteiger partial charge in [0.05, 0.1) is 13.2 Å². The molecule has 0 spiro atoms. The minimum atomic E-state index is 0.0179. The highest BCUT2D eigenvalue weighted by atomic mass is 16.7. The van der Waals surface area contributed by atoms with Gasteiger partial charge in [-0.2, -0.15) is 0 Å². The number of hydrogen-bond donors (Lipinski definition) is 0. The number of ether oxygens (including phenoxy) is 2. The van der Waals surface area contributed by atoms with Crippen molar-refractivity contribution in [3.63, 3.8) is 0 Å². The molecule has 1 heterocycles. The fourth-order valence-electron chi connectivity index (χ4n) is 2.31. The van der Waals surface area contributed by atoms with E-state index in [1.165, 1.54) is 0 Å². The minimum Gasteiger partial charge on any atom is -0.353 e. The standard InChI is InChI=1S/C13H28N2O2/c1-5-15(12(2)11-14(3)4)8-7-13-16-9-6-10-17-13/h12-13H,5-11H2,1-4H3. The lowest BCUT2D eigenvalue weighted by Crippen LogP contribution is -2.42. The summed E-state index contributed by atoms with van der Waals surface area (Å²) in [5.41, 5.74) is 0. The Morgan fingerprint density at radius 3 is 2.41 bits per heavy atom. The van der Waals surface area contributed by atoms with Crippen LogP contribution in [0.15, 0.2) is 0 Å². The van der Waals surface area contributed by atoms with Crippen molar-refractivity contribution in [2.24, 2.45) is 0 Å². The van der Waals surface area contributed by atoms with Gasteiger partial charge in [0, 0.05) is 25.6 Å². The summed E-state index contributed by atoms with van der Waals surface area (Å²) in [5.74, 6) is 0. The van der Waals surface area contributed by atoms with Gasteiger partial charge in [-0.3, -0.25) is 4.90 Å².